The molecule has 0 radical (unpaired) electrons. The minimum absolute atomic E-state index is 0.0170. The summed E-state index contributed by atoms with van der Waals surface area (Å²) in [7, 11) is 0. The summed E-state index contributed by atoms with van der Waals surface area (Å²) in [6.07, 6.45) is 5.52. The number of hydrogen-bond acceptors (Lipinski definition) is 5. The average Bonchev–Trinajstić information content (AvgIpc) is 3.13. The first-order valence-electron chi connectivity index (χ1n) is 9.20. The van der Waals surface area contributed by atoms with Gasteiger partial charge in [-0.15, -0.1) is 0 Å². The Hall–Kier alpha value is -1.33. The summed E-state index contributed by atoms with van der Waals surface area (Å²) >= 11 is 0. The Morgan fingerprint density at radius 2 is 2.29 bits per heavy atom. The van der Waals surface area contributed by atoms with E-state index in [1.807, 2.05) is 19.3 Å². The first-order valence-corrected chi connectivity index (χ1v) is 9.20. The highest BCUT2D eigenvalue weighted by atomic mass is 16.5. The molecule has 5 heteroatoms. The van der Waals surface area contributed by atoms with Crippen molar-refractivity contribution in [3.8, 4) is 0 Å². The normalized spacial score (nSPS) is 28.8. The van der Waals surface area contributed by atoms with Crippen molar-refractivity contribution in [1.29, 1.82) is 0 Å². The maximum atomic E-state index is 12.9. The second-order valence-corrected chi connectivity index (χ2v) is 7.57. The molecule has 0 spiro atoms. The molecule has 1 aromatic heterocycles. The van der Waals surface area contributed by atoms with Gasteiger partial charge in [0.2, 0.25) is 0 Å². The molecule has 2 saturated heterocycles. The molecule has 0 saturated carbocycles. The Kier molecular flexibility index (Phi) is 5.30. The minimum atomic E-state index is -0.328. The van der Waals surface area contributed by atoms with Gasteiger partial charge < -0.3 is 9.15 Å². The topological polar surface area (TPSA) is 45.9 Å². The zero-order valence-corrected chi connectivity index (χ0v) is 15.2. The summed E-state index contributed by atoms with van der Waals surface area (Å²) < 4.78 is 10.7. The van der Waals surface area contributed by atoms with Crippen molar-refractivity contribution in [2.75, 3.05) is 32.8 Å². The van der Waals surface area contributed by atoms with E-state index in [2.05, 4.69) is 23.6 Å². The molecule has 0 N–H and O–H groups in total. The summed E-state index contributed by atoms with van der Waals surface area (Å²) in [5, 5.41) is 0. The van der Waals surface area contributed by atoms with Gasteiger partial charge >= 0.3 is 5.97 Å². The second kappa shape index (κ2) is 7.28. The standard InChI is InChI=1S/C19H30N2O3/c1-4-24-18(22)19-7-5-8-20(10-16-6-9-23-13-16)11-17(19)12-21(14-19)15(2)3/h6,9,13,15,17H,4-5,7-8,10-12,14H2,1-3H3/t17-,19-/m0/s1. The van der Waals surface area contributed by atoms with Gasteiger partial charge in [0.1, 0.15) is 0 Å². The van der Waals surface area contributed by atoms with E-state index in [0.717, 1.165) is 45.6 Å². The fourth-order valence-electron chi connectivity index (χ4n) is 4.34. The molecule has 134 valence electrons. The molecule has 0 aromatic carbocycles. The third kappa shape index (κ3) is 3.38. The first-order chi connectivity index (χ1) is 11.5. The van der Waals surface area contributed by atoms with Crippen LogP contribution in [0.25, 0.3) is 0 Å². The first kappa shape index (κ1) is 17.5. The van der Waals surface area contributed by atoms with E-state index in [1.54, 1.807) is 6.26 Å². The largest absolute Gasteiger partial charge is 0.472 e. The molecule has 0 aliphatic carbocycles. The molecular weight excluding hydrogens is 304 g/mol. The third-order valence-corrected chi connectivity index (χ3v) is 5.70. The van der Waals surface area contributed by atoms with E-state index >= 15 is 0 Å². The smallest absolute Gasteiger partial charge is 0.313 e. The molecule has 2 aliphatic heterocycles. The van der Waals surface area contributed by atoms with Crippen LogP contribution in [0.3, 0.4) is 0 Å². The lowest BCUT2D eigenvalue weighted by molar-refractivity contribution is -0.157. The molecule has 2 fully saturated rings. The van der Waals surface area contributed by atoms with E-state index in [1.165, 1.54) is 5.56 Å². The number of carbonyl (C=O) groups excluding carboxylic acids is 1. The SMILES string of the molecule is CCOC(=O)[C@]12CCCN(Cc3ccoc3)C[C@H]1CN(C(C)C)C2. The maximum Gasteiger partial charge on any atom is 0.313 e. The van der Waals surface area contributed by atoms with Crippen LogP contribution in [0.2, 0.25) is 0 Å². The lowest BCUT2D eigenvalue weighted by Crippen LogP contribution is -2.42. The van der Waals surface area contributed by atoms with Gasteiger partial charge in [0, 0.05) is 43.7 Å². The Balaban J connectivity index is 1.79. The summed E-state index contributed by atoms with van der Waals surface area (Å²) in [6, 6.07) is 2.49. The van der Waals surface area contributed by atoms with Crippen LogP contribution in [0.5, 0.6) is 0 Å². The molecule has 3 rings (SSSR count). The van der Waals surface area contributed by atoms with Crippen molar-refractivity contribution < 1.29 is 13.9 Å². The summed E-state index contributed by atoms with van der Waals surface area (Å²) in [4.78, 5) is 17.8. The maximum absolute atomic E-state index is 12.9. The van der Waals surface area contributed by atoms with Crippen molar-refractivity contribution in [1.82, 2.24) is 9.80 Å². The van der Waals surface area contributed by atoms with Crippen molar-refractivity contribution in [3.63, 3.8) is 0 Å². The molecule has 5 nitrogen and oxygen atoms in total. The fourth-order valence-corrected chi connectivity index (χ4v) is 4.34. The Morgan fingerprint density at radius 3 is 2.96 bits per heavy atom. The van der Waals surface area contributed by atoms with Crippen LogP contribution >= 0.6 is 0 Å². The van der Waals surface area contributed by atoms with Crippen LogP contribution < -0.4 is 0 Å². The lowest BCUT2D eigenvalue weighted by atomic mass is 9.75. The highest BCUT2D eigenvalue weighted by Gasteiger charge is 2.54. The highest BCUT2D eigenvalue weighted by Crippen LogP contribution is 2.44. The number of ether oxygens (including phenoxy) is 1. The summed E-state index contributed by atoms with van der Waals surface area (Å²) in [6.45, 7) is 11.5. The third-order valence-electron chi connectivity index (χ3n) is 5.70. The van der Waals surface area contributed by atoms with Gasteiger partial charge in [-0.25, -0.2) is 0 Å². The number of carbonyl (C=O) groups is 1. The number of esters is 1. The van der Waals surface area contributed by atoms with Crippen molar-refractivity contribution in [2.45, 2.75) is 46.2 Å². The van der Waals surface area contributed by atoms with E-state index < -0.39 is 0 Å². The summed E-state index contributed by atoms with van der Waals surface area (Å²) in [5.41, 5.74) is 0.878. The number of hydrogen-bond donors (Lipinski definition) is 0. The average molecular weight is 334 g/mol. The van der Waals surface area contributed by atoms with Crippen LogP contribution in [0.4, 0.5) is 0 Å². The van der Waals surface area contributed by atoms with Gasteiger partial charge in [-0.2, -0.15) is 0 Å². The van der Waals surface area contributed by atoms with Crippen molar-refractivity contribution >= 4 is 5.97 Å². The van der Waals surface area contributed by atoms with Crippen LogP contribution in [-0.2, 0) is 16.1 Å². The Labute approximate surface area is 144 Å². The van der Waals surface area contributed by atoms with Gasteiger partial charge in [-0.05, 0) is 46.2 Å². The Morgan fingerprint density at radius 1 is 1.46 bits per heavy atom. The molecular formula is C19H30N2O3. The minimum Gasteiger partial charge on any atom is -0.472 e. The van der Waals surface area contributed by atoms with Crippen LogP contribution in [0.1, 0.15) is 39.2 Å². The van der Waals surface area contributed by atoms with Crippen LogP contribution in [0, 0.1) is 11.3 Å². The number of fused-ring (bicyclic) bond motifs is 1. The molecule has 1 aromatic rings. The molecule has 24 heavy (non-hydrogen) atoms. The highest BCUT2D eigenvalue weighted by molar-refractivity contribution is 5.78. The quantitative estimate of drug-likeness (QED) is 0.775. The number of likely N-dealkylation sites (tertiary alicyclic amines) is 2. The monoisotopic (exact) mass is 334 g/mol. The zero-order chi connectivity index (χ0) is 17.2. The zero-order valence-electron chi connectivity index (χ0n) is 15.2. The van der Waals surface area contributed by atoms with E-state index in [0.29, 0.717) is 18.6 Å². The van der Waals surface area contributed by atoms with Gasteiger partial charge in [0.25, 0.3) is 0 Å². The molecule has 0 amide bonds. The van der Waals surface area contributed by atoms with Crippen LogP contribution in [-0.4, -0.2) is 54.6 Å². The Bertz CT molecular complexity index is 543. The van der Waals surface area contributed by atoms with E-state index in [-0.39, 0.29) is 11.4 Å². The molecule has 3 heterocycles. The predicted octanol–water partition coefficient (Wildman–Crippen LogP) is 2.77. The van der Waals surface area contributed by atoms with E-state index in [4.69, 9.17) is 9.15 Å². The van der Waals surface area contributed by atoms with Crippen LogP contribution in [0.15, 0.2) is 23.0 Å². The lowest BCUT2D eigenvalue weighted by Gasteiger charge is -2.31. The van der Waals surface area contributed by atoms with Gasteiger partial charge in [-0.3, -0.25) is 14.6 Å². The van der Waals surface area contributed by atoms with Gasteiger partial charge in [-0.1, -0.05) is 0 Å². The number of furan rings is 1. The van der Waals surface area contributed by atoms with E-state index in [9.17, 15) is 4.79 Å². The summed E-state index contributed by atoms with van der Waals surface area (Å²) in [5.74, 6) is 0.358. The predicted molar refractivity (Wildman–Crippen MR) is 92.5 cm³/mol. The molecule has 2 atom stereocenters. The fraction of sp³-hybridized carbons (Fsp3) is 0.737. The molecule has 0 bridgehead atoms. The van der Waals surface area contributed by atoms with Gasteiger partial charge in [0.15, 0.2) is 0 Å². The van der Waals surface area contributed by atoms with Crippen molar-refractivity contribution in [3.05, 3.63) is 24.2 Å². The molecule has 2 aliphatic rings. The second-order valence-electron chi connectivity index (χ2n) is 7.57. The molecule has 0 unspecified atom stereocenters. The van der Waals surface area contributed by atoms with Gasteiger partial charge in [0.05, 0.1) is 24.5 Å². The number of rotatable bonds is 5. The van der Waals surface area contributed by atoms with Crippen molar-refractivity contribution in [2.24, 2.45) is 11.3 Å². The number of nitrogens with zero attached hydrogens (tertiary/aromatic N) is 2.